The Bertz CT molecular complexity index is 1060. The highest BCUT2D eigenvalue weighted by Crippen LogP contribution is 2.21. The van der Waals surface area contributed by atoms with Crippen LogP contribution in [0.3, 0.4) is 0 Å². The van der Waals surface area contributed by atoms with Crippen LogP contribution in [0.15, 0.2) is 60.7 Å². The summed E-state index contributed by atoms with van der Waals surface area (Å²) in [6, 6.07) is 16.4. The van der Waals surface area contributed by atoms with Crippen LogP contribution in [0.25, 0.3) is 6.08 Å². The summed E-state index contributed by atoms with van der Waals surface area (Å²) in [5.74, 6) is -0.197. The molecule has 0 radical (unpaired) electrons. The van der Waals surface area contributed by atoms with Gasteiger partial charge in [-0.05, 0) is 49.1 Å². The van der Waals surface area contributed by atoms with Gasteiger partial charge in [0.15, 0.2) is 0 Å². The van der Waals surface area contributed by atoms with Crippen LogP contribution >= 0.6 is 0 Å². The van der Waals surface area contributed by atoms with Gasteiger partial charge in [0.2, 0.25) is 21.8 Å². The van der Waals surface area contributed by atoms with Crippen molar-refractivity contribution >= 4 is 33.6 Å². The third-order valence-corrected chi connectivity index (χ3v) is 6.07. The van der Waals surface area contributed by atoms with Gasteiger partial charge in [0, 0.05) is 30.8 Å². The molecule has 0 saturated carbocycles. The van der Waals surface area contributed by atoms with Crippen molar-refractivity contribution in [1.82, 2.24) is 10.2 Å². The molecular weight excluding hydrogens is 426 g/mol. The zero-order valence-corrected chi connectivity index (χ0v) is 19.1. The first-order chi connectivity index (χ1) is 15.2. The number of nitrogens with one attached hydrogen (secondary N) is 2. The Morgan fingerprint density at radius 3 is 2.25 bits per heavy atom. The second kappa shape index (κ2) is 10.5. The van der Waals surface area contributed by atoms with E-state index in [4.69, 9.17) is 0 Å². The summed E-state index contributed by atoms with van der Waals surface area (Å²) in [7, 11) is -3.32. The number of carbonyl (C=O) groups excluding carboxylic acids is 2. The molecule has 1 aliphatic rings. The van der Waals surface area contributed by atoms with Crippen molar-refractivity contribution in [2.45, 2.75) is 25.8 Å². The van der Waals surface area contributed by atoms with Crippen LogP contribution in [-0.4, -0.2) is 44.5 Å². The Balaban J connectivity index is 1.47. The SMILES string of the molecule is CC(NC(=O)C1CCN(C(=O)C=Cc2ccccc2)CC1)c1ccc(NS(C)(=O)=O)cc1. The maximum absolute atomic E-state index is 12.7. The summed E-state index contributed by atoms with van der Waals surface area (Å²) in [4.78, 5) is 26.9. The number of amides is 2. The minimum atomic E-state index is -3.32. The van der Waals surface area contributed by atoms with Gasteiger partial charge in [-0.15, -0.1) is 0 Å². The minimum Gasteiger partial charge on any atom is -0.349 e. The summed E-state index contributed by atoms with van der Waals surface area (Å²) >= 11 is 0. The molecule has 0 aliphatic carbocycles. The van der Waals surface area contributed by atoms with Crippen LogP contribution in [0.2, 0.25) is 0 Å². The van der Waals surface area contributed by atoms with Gasteiger partial charge >= 0.3 is 0 Å². The molecule has 1 saturated heterocycles. The Kier molecular flexibility index (Phi) is 7.69. The highest BCUT2D eigenvalue weighted by atomic mass is 32.2. The number of benzene rings is 2. The number of sulfonamides is 1. The molecule has 2 amide bonds. The standard InChI is InChI=1S/C24H29N3O4S/c1-18(20-9-11-22(12-10-20)26-32(2,30)31)25-24(29)21-14-16-27(17-15-21)23(28)13-8-19-6-4-3-5-7-19/h3-13,18,21,26H,14-17H2,1-2H3,(H,25,29). The molecule has 8 heteroatoms. The van der Waals surface area contributed by atoms with E-state index in [2.05, 4.69) is 10.0 Å². The van der Waals surface area contributed by atoms with Gasteiger partial charge < -0.3 is 10.2 Å². The minimum absolute atomic E-state index is 0.0252. The molecule has 0 spiro atoms. The zero-order chi connectivity index (χ0) is 23.1. The predicted molar refractivity (Wildman–Crippen MR) is 126 cm³/mol. The fourth-order valence-corrected chi connectivity index (χ4v) is 4.23. The van der Waals surface area contributed by atoms with E-state index < -0.39 is 10.0 Å². The van der Waals surface area contributed by atoms with Crippen molar-refractivity contribution in [3.8, 4) is 0 Å². The molecule has 1 aliphatic heterocycles. The van der Waals surface area contributed by atoms with Crippen LogP contribution in [0.5, 0.6) is 0 Å². The fraction of sp³-hybridized carbons (Fsp3) is 0.333. The Hall–Kier alpha value is -3.13. The predicted octanol–water partition coefficient (Wildman–Crippen LogP) is 3.19. The summed E-state index contributed by atoms with van der Waals surface area (Å²) in [6.45, 7) is 3.00. The molecule has 170 valence electrons. The zero-order valence-electron chi connectivity index (χ0n) is 18.3. The third-order valence-electron chi connectivity index (χ3n) is 5.47. The molecule has 3 rings (SSSR count). The molecule has 1 heterocycles. The molecule has 2 N–H and O–H groups in total. The van der Waals surface area contributed by atoms with E-state index in [1.165, 1.54) is 0 Å². The van der Waals surface area contributed by atoms with Gasteiger partial charge in [-0.3, -0.25) is 14.3 Å². The molecule has 2 aromatic carbocycles. The molecule has 32 heavy (non-hydrogen) atoms. The molecule has 1 atom stereocenters. The lowest BCUT2D eigenvalue weighted by Crippen LogP contribution is -2.43. The Morgan fingerprint density at radius 2 is 1.66 bits per heavy atom. The van der Waals surface area contributed by atoms with Gasteiger partial charge in [0.05, 0.1) is 12.3 Å². The first-order valence-electron chi connectivity index (χ1n) is 10.6. The number of rotatable bonds is 7. The molecule has 0 bridgehead atoms. The lowest BCUT2D eigenvalue weighted by atomic mass is 9.95. The van der Waals surface area contributed by atoms with E-state index in [-0.39, 0.29) is 23.8 Å². The van der Waals surface area contributed by atoms with E-state index in [0.29, 0.717) is 31.6 Å². The van der Waals surface area contributed by atoms with Crippen LogP contribution in [0.4, 0.5) is 5.69 Å². The third kappa shape index (κ3) is 6.95. The van der Waals surface area contributed by atoms with Crippen molar-refractivity contribution < 1.29 is 18.0 Å². The number of nitrogens with zero attached hydrogens (tertiary/aromatic N) is 1. The highest BCUT2D eigenvalue weighted by molar-refractivity contribution is 7.92. The monoisotopic (exact) mass is 455 g/mol. The average molecular weight is 456 g/mol. The number of anilines is 1. The van der Waals surface area contributed by atoms with Gasteiger partial charge in [0.1, 0.15) is 0 Å². The van der Waals surface area contributed by atoms with Crippen molar-refractivity contribution in [1.29, 1.82) is 0 Å². The normalized spacial score (nSPS) is 16.0. The van der Waals surface area contributed by atoms with Crippen molar-refractivity contribution in [2.24, 2.45) is 5.92 Å². The number of likely N-dealkylation sites (tertiary alicyclic amines) is 1. The number of hydrogen-bond donors (Lipinski definition) is 2. The van der Waals surface area contributed by atoms with Crippen LogP contribution < -0.4 is 10.0 Å². The van der Waals surface area contributed by atoms with E-state index in [9.17, 15) is 18.0 Å². The van der Waals surface area contributed by atoms with E-state index >= 15 is 0 Å². The summed E-state index contributed by atoms with van der Waals surface area (Å²) in [5.41, 5.74) is 2.34. The summed E-state index contributed by atoms with van der Waals surface area (Å²) in [6.07, 6.45) is 5.74. The van der Waals surface area contributed by atoms with E-state index in [1.54, 1.807) is 41.3 Å². The van der Waals surface area contributed by atoms with Crippen LogP contribution in [0.1, 0.15) is 36.9 Å². The summed E-state index contributed by atoms with van der Waals surface area (Å²) < 4.78 is 25.0. The lowest BCUT2D eigenvalue weighted by Gasteiger charge is -2.31. The number of piperidine rings is 1. The number of hydrogen-bond acceptors (Lipinski definition) is 4. The van der Waals surface area contributed by atoms with E-state index in [1.807, 2.05) is 37.3 Å². The molecule has 1 fully saturated rings. The first-order valence-corrected chi connectivity index (χ1v) is 12.5. The molecular formula is C24H29N3O4S. The fourth-order valence-electron chi connectivity index (χ4n) is 3.67. The van der Waals surface area contributed by atoms with E-state index in [0.717, 1.165) is 17.4 Å². The number of carbonyl (C=O) groups is 2. The highest BCUT2D eigenvalue weighted by Gasteiger charge is 2.27. The average Bonchev–Trinajstić information content (AvgIpc) is 2.77. The Morgan fingerprint density at radius 1 is 1.03 bits per heavy atom. The van der Waals surface area contributed by atoms with Crippen LogP contribution in [-0.2, 0) is 19.6 Å². The largest absolute Gasteiger partial charge is 0.349 e. The van der Waals surface area contributed by atoms with Gasteiger partial charge in [-0.2, -0.15) is 0 Å². The van der Waals surface area contributed by atoms with Crippen molar-refractivity contribution in [3.63, 3.8) is 0 Å². The maximum Gasteiger partial charge on any atom is 0.246 e. The topological polar surface area (TPSA) is 95.6 Å². The molecule has 1 unspecified atom stereocenters. The maximum atomic E-state index is 12.7. The van der Waals surface area contributed by atoms with Gasteiger partial charge in [-0.25, -0.2) is 8.42 Å². The van der Waals surface area contributed by atoms with Gasteiger partial charge in [-0.1, -0.05) is 42.5 Å². The smallest absolute Gasteiger partial charge is 0.246 e. The first kappa shape index (κ1) is 23.5. The molecule has 7 nitrogen and oxygen atoms in total. The molecule has 2 aromatic rings. The van der Waals surface area contributed by atoms with Crippen LogP contribution in [0, 0.1) is 5.92 Å². The van der Waals surface area contributed by atoms with Crippen molar-refractivity contribution in [3.05, 3.63) is 71.8 Å². The molecule has 0 aromatic heterocycles. The summed E-state index contributed by atoms with van der Waals surface area (Å²) in [5, 5.41) is 3.03. The van der Waals surface area contributed by atoms with Gasteiger partial charge in [0.25, 0.3) is 0 Å². The second-order valence-electron chi connectivity index (χ2n) is 8.07. The quantitative estimate of drug-likeness (QED) is 0.627. The van der Waals surface area contributed by atoms with Crippen molar-refractivity contribution in [2.75, 3.05) is 24.1 Å². The second-order valence-corrected chi connectivity index (χ2v) is 9.82. The lowest BCUT2D eigenvalue weighted by molar-refractivity contribution is -0.132. The Labute approximate surface area is 189 Å².